The fourth-order valence-corrected chi connectivity index (χ4v) is 3.96. The number of amidine groups is 1. The zero-order chi connectivity index (χ0) is 14.6. The zero-order valence-electron chi connectivity index (χ0n) is 12.3. The van der Waals surface area contributed by atoms with Crippen molar-refractivity contribution in [2.45, 2.75) is 18.6 Å². The minimum absolute atomic E-state index is 0.334. The molecule has 1 aromatic heterocycles. The van der Waals surface area contributed by atoms with E-state index in [0.29, 0.717) is 5.92 Å². The Bertz CT molecular complexity index is 766. The third-order valence-electron chi connectivity index (χ3n) is 5.21. The maximum absolute atomic E-state index is 5.89. The second-order valence-electron chi connectivity index (χ2n) is 6.51. The first-order valence-electron chi connectivity index (χ1n) is 7.94. The van der Waals surface area contributed by atoms with Crippen LogP contribution in [0.25, 0.3) is 10.8 Å². The highest BCUT2D eigenvalue weighted by Crippen LogP contribution is 2.38. The van der Waals surface area contributed by atoms with Crippen molar-refractivity contribution in [3.05, 3.63) is 42.2 Å². The van der Waals surface area contributed by atoms with Gasteiger partial charge in [-0.05, 0) is 37.4 Å². The van der Waals surface area contributed by atoms with Gasteiger partial charge in [-0.3, -0.25) is 9.88 Å². The van der Waals surface area contributed by atoms with E-state index >= 15 is 0 Å². The van der Waals surface area contributed by atoms with E-state index in [9.17, 15) is 0 Å². The molecule has 3 saturated heterocycles. The molecule has 2 bridgehead atoms. The van der Waals surface area contributed by atoms with Crippen LogP contribution in [0.15, 0.2) is 41.7 Å². The molecule has 3 fully saturated rings. The van der Waals surface area contributed by atoms with Crippen molar-refractivity contribution in [3.63, 3.8) is 0 Å². The average molecular weight is 294 g/mol. The summed E-state index contributed by atoms with van der Waals surface area (Å²) in [6.45, 7) is 3.28. The molecule has 6 rings (SSSR count). The molecule has 5 heteroatoms. The summed E-state index contributed by atoms with van der Waals surface area (Å²) in [6.07, 6.45) is 4.26. The van der Waals surface area contributed by atoms with E-state index in [4.69, 9.17) is 4.84 Å². The molecule has 4 aliphatic rings. The summed E-state index contributed by atoms with van der Waals surface area (Å²) >= 11 is 0. The third-order valence-corrected chi connectivity index (χ3v) is 5.21. The molecule has 0 radical (unpaired) electrons. The predicted octanol–water partition coefficient (Wildman–Crippen LogP) is 1.94. The van der Waals surface area contributed by atoms with Gasteiger partial charge in [0, 0.05) is 17.5 Å². The summed E-state index contributed by atoms with van der Waals surface area (Å²) in [5, 5.41) is 10.2. The molecule has 1 aromatic carbocycles. The lowest BCUT2D eigenvalue weighted by Gasteiger charge is -2.49. The van der Waals surface area contributed by atoms with E-state index in [1.807, 2.05) is 18.3 Å². The van der Waals surface area contributed by atoms with E-state index in [0.717, 1.165) is 23.5 Å². The highest BCUT2D eigenvalue weighted by atomic mass is 16.7. The number of oxime groups is 1. The number of hydrogen-bond acceptors (Lipinski definition) is 5. The Kier molecular flexibility index (Phi) is 2.50. The van der Waals surface area contributed by atoms with Gasteiger partial charge in [0.25, 0.3) is 0 Å². The van der Waals surface area contributed by atoms with Crippen LogP contribution in [0.4, 0.5) is 0 Å². The first kappa shape index (κ1) is 12.4. The lowest BCUT2D eigenvalue weighted by Crippen LogP contribution is -2.65. The van der Waals surface area contributed by atoms with Crippen LogP contribution in [0, 0.1) is 5.92 Å². The molecule has 1 spiro atoms. The van der Waals surface area contributed by atoms with Gasteiger partial charge in [-0.2, -0.15) is 0 Å². The number of aromatic nitrogens is 1. The van der Waals surface area contributed by atoms with E-state index in [-0.39, 0.29) is 5.72 Å². The van der Waals surface area contributed by atoms with Crippen molar-refractivity contribution >= 4 is 16.6 Å². The standard InChI is InChI=1S/C17H18N4O/c1-2-4-13-10-18-15(9-12(13)3-1)16-19-17(22-20-16)11-21-7-5-14(17)6-8-21/h1-4,9-10,14H,5-8,11H2,(H,19,20). The zero-order valence-corrected chi connectivity index (χ0v) is 12.3. The fourth-order valence-electron chi connectivity index (χ4n) is 3.96. The second-order valence-corrected chi connectivity index (χ2v) is 6.51. The fraction of sp³-hybridized carbons (Fsp3) is 0.412. The molecule has 2 aromatic rings. The number of pyridine rings is 1. The lowest BCUT2D eigenvalue weighted by atomic mass is 9.81. The summed E-state index contributed by atoms with van der Waals surface area (Å²) in [7, 11) is 0. The molecule has 4 aliphatic heterocycles. The summed E-state index contributed by atoms with van der Waals surface area (Å²) in [6, 6.07) is 10.3. The minimum Gasteiger partial charge on any atom is -0.364 e. The van der Waals surface area contributed by atoms with Crippen LogP contribution in [-0.2, 0) is 4.84 Å². The summed E-state index contributed by atoms with van der Waals surface area (Å²) < 4.78 is 0. The average Bonchev–Trinajstić information content (AvgIpc) is 2.99. The molecule has 1 N–H and O–H groups in total. The van der Waals surface area contributed by atoms with Gasteiger partial charge in [0.05, 0.1) is 6.54 Å². The Balaban J connectivity index is 1.46. The Morgan fingerprint density at radius 2 is 2.00 bits per heavy atom. The number of piperidine rings is 3. The van der Waals surface area contributed by atoms with Gasteiger partial charge in [0.2, 0.25) is 5.72 Å². The van der Waals surface area contributed by atoms with E-state index in [1.54, 1.807) is 0 Å². The quantitative estimate of drug-likeness (QED) is 0.873. The smallest absolute Gasteiger partial charge is 0.224 e. The Labute approximate surface area is 129 Å². The number of fused-ring (bicyclic) bond motifs is 3. The number of nitrogens with zero attached hydrogens (tertiary/aromatic N) is 3. The molecular weight excluding hydrogens is 276 g/mol. The molecule has 5 nitrogen and oxygen atoms in total. The molecule has 0 amide bonds. The second kappa shape index (κ2) is 4.43. The van der Waals surface area contributed by atoms with Gasteiger partial charge in [-0.25, -0.2) is 0 Å². The maximum atomic E-state index is 5.89. The Morgan fingerprint density at radius 1 is 1.18 bits per heavy atom. The van der Waals surface area contributed by atoms with Gasteiger partial charge in [-0.1, -0.05) is 29.4 Å². The number of benzene rings is 1. The van der Waals surface area contributed by atoms with Gasteiger partial charge in [-0.15, -0.1) is 0 Å². The SMILES string of the molecule is c1ccc2cc(C3=NOC4(CN5CCC4CC5)N3)ncc2c1. The van der Waals surface area contributed by atoms with Crippen LogP contribution in [0.1, 0.15) is 18.5 Å². The lowest BCUT2D eigenvalue weighted by molar-refractivity contribution is -0.148. The normalized spacial score (nSPS) is 32.8. The minimum atomic E-state index is -0.334. The summed E-state index contributed by atoms with van der Waals surface area (Å²) in [5.41, 5.74) is 0.520. The van der Waals surface area contributed by atoms with E-state index in [1.165, 1.54) is 31.3 Å². The maximum Gasteiger partial charge on any atom is 0.224 e. The van der Waals surface area contributed by atoms with Crippen LogP contribution in [0.3, 0.4) is 0 Å². The van der Waals surface area contributed by atoms with Crippen LogP contribution < -0.4 is 5.32 Å². The van der Waals surface area contributed by atoms with E-state index in [2.05, 4.69) is 38.6 Å². The summed E-state index contributed by atoms with van der Waals surface area (Å²) in [4.78, 5) is 12.9. The van der Waals surface area contributed by atoms with E-state index < -0.39 is 0 Å². The van der Waals surface area contributed by atoms with Crippen molar-refractivity contribution in [3.8, 4) is 0 Å². The first-order chi connectivity index (χ1) is 10.8. The first-order valence-corrected chi connectivity index (χ1v) is 7.94. The van der Waals surface area contributed by atoms with Gasteiger partial charge >= 0.3 is 0 Å². The molecule has 1 atom stereocenters. The number of rotatable bonds is 1. The highest BCUT2D eigenvalue weighted by Gasteiger charge is 2.52. The van der Waals surface area contributed by atoms with Crippen molar-refractivity contribution in [1.82, 2.24) is 15.2 Å². The van der Waals surface area contributed by atoms with Crippen LogP contribution >= 0.6 is 0 Å². The number of hydrogen-bond donors (Lipinski definition) is 1. The van der Waals surface area contributed by atoms with Crippen LogP contribution in [0.5, 0.6) is 0 Å². The molecule has 0 aliphatic carbocycles. The molecular formula is C17H18N4O. The third kappa shape index (κ3) is 1.75. The summed E-state index contributed by atoms with van der Waals surface area (Å²) in [5.74, 6) is 1.30. The Morgan fingerprint density at radius 3 is 2.77 bits per heavy atom. The van der Waals surface area contributed by atoms with Gasteiger partial charge in [0.15, 0.2) is 5.84 Å². The largest absolute Gasteiger partial charge is 0.364 e. The predicted molar refractivity (Wildman–Crippen MR) is 84.4 cm³/mol. The van der Waals surface area contributed by atoms with Crippen LogP contribution in [-0.4, -0.2) is 41.1 Å². The molecule has 5 heterocycles. The van der Waals surface area contributed by atoms with Crippen molar-refractivity contribution < 1.29 is 4.84 Å². The van der Waals surface area contributed by atoms with Crippen molar-refractivity contribution in [2.75, 3.05) is 19.6 Å². The Hall–Kier alpha value is -2.14. The topological polar surface area (TPSA) is 49.8 Å². The van der Waals surface area contributed by atoms with Crippen molar-refractivity contribution in [1.29, 1.82) is 0 Å². The van der Waals surface area contributed by atoms with Gasteiger partial charge in [0.1, 0.15) is 5.69 Å². The highest BCUT2D eigenvalue weighted by molar-refractivity contribution is 6.00. The van der Waals surface area contributed by atoms with Crippen LogP contribution in [0.2, 0.25) is 0 Å². The molecule has 22 heavy (non-hydrogen) atoms. The molecule has 1 unspecified atom stereocenters. The monoisotopic (exact) mass is 294 g/mol. The number of nitrogens with one attached hydrogen (secondary N) is 1. The molecule has 0 saturated carbocycles. The van der Waals surface area contributed by atoms with Gasteiger partial charge < -0.3 is 10.2 Å². The molecule has 112 valence electrons. The van der Waals surface area contributed by atoms with Crippen molar-refractivity contribution in [2.24, 2.45) is 11.1 Å².